The summed E-state index contributed by atoms with van der Waals surface area (Å²) < 4.78 is 0. The molecule has 2 unspecified atom stereocenters. The SMILES string of the molecule is CCCNC1CCC(N2CCC(N3CCCCC3)CC2)C1. The maximum absolute atomic E-state index is 3.73. The highest BCUT2D eigenvalue weighted by molar-refractivity contribution is 4.90. The van der Waals surface area contributed by atoms with E-state index in [0.29, 0.717) is 0 Å². The Morgan fingerprint density at radius 1 is 0.810 bits per heavy atom. The molecule has 1 N–H and O–H groups in total. The molecule has 2 atom stereocenters. The predicted molar refractivity (Wildman–Crippen MR) is 89.7 cm³/mol. The topological polar surface area (TPSA) is 18.5 Å². The van der Waals surface area contributed by atoms with Crippen LogP contribution in [0.5, 0.6) is 0 Å². The van der Waals surface area contributed by atoms with Crippen LogP contribution in [-0.4, -0.2) is 60.6 Å². The van der Waals surface area contributed by atoms with Crippen molar-refractivity contribution in [2.45, 2.75) is 82.8 Å². The van der Waals surface area contributed by atoms with Crippen molar-refractivity contribution in [2.75, 3.05) is 32.7 Å². The summed E-state index contributed by atoms with van der Waals surface area (Å²) in [7, 11) is 0. The third kappa shape index (κ3) is 4.20. The van der Waals surface area contributed by atoms with Crippen LogP contribution in [0.15, 0.2) is 0 Å². The molecule has 0 bridgehead atoms. The molecular weight excluding hydrogens is 258 g/mol. The molecule has 0 spiro atoms. The van der Waals surface area contributed by atoms with Gasteiger partial charge in [-0.2, -0.15) is 0 Å². The van der Waals surface area contributed by atoms with Gasteiger partial charge in [-0.3, -0.25) is 0 Å². The molecule has 2 heterocycles. The summed E-state index contributed by atoms with van der Waals surface area (Å²) in [6, 6.07) is 2.58. The van der Waals surface area contributed by atoms with Gasteiger partial charge in [-0.15, -0.1) is 0 Å². The summed E-state index contributed by atoms with van der Waals surface area (Å²) in [5.74, 6) is 0. The molecule has 2 saturated heterocycles. The van der Waals surface area contributed by atoms with E-state index in [1.807, 2.05) is 0 Å². The Morgan fingerprint density at radius 3 is 2.24 bits per heavy atom. The van der Waals surface area contributed by atoms with Crippen molar-refractivity contribution in [3.8, 4) is 0 Å². The summed E-state index contributed by atoms with van der Waals surface area (Å²) in [5, 5.41) is 3.73. The lowest BCUT2D eigenvalue weighted by Gasteiger charge is -2.42. The molecule has 0 amide bonds. The molecule has 1 aliphatic carbocycles. The van der Waals surface area contributed by atoms with Gasteiger partial charge in [0, 0.05) is 18.1 Å². The first-order valence-electron chi connectivity index (χ1n) is 9.58. The van der Waals surface area contributed by atoms with Gasteiger partial charge in [0.1, 0.15) is 0 Å². The van der Waals surface area contributed by atoms with Gasteiger partial charge in [0.15, 0.2) is 0 Å². The summed E-state index contributed by atoms with van der Waals surface area (Å²) >= 11 is 0. The van der Waals surface area contributed by atoms with Crippen molar-refractivity contribution in [1.82, 2.24) is 15.1 Å². The van der Waals surface area contributed by atoms with Crippen LogP contribution in [0.3, 0.4) is 0 Å². The van der Waals surface area contributed by atoms with Crippen LogP contribution in [0.1, 0.15) is 64.7 Å². The first kappa shape index (κ1) is 15.8. The lowest BCUT2D eigenvalue weighted by atomic mass is 9.98. The molecule has 0 radical (unpaired) electrons. The molecule has 2 aliphatic heterocycles. The van der Waals surface area contributed by atoms with Crippen LogP contribution in [-0.2, 0) is 0 Å². The summed E-state index contributed by atoms with van der Waals surface area (Å²) in [5.41, 5.74) is 0. The third-order valence-corrected chi connectivity index (χ3v) is 6.01. The van der Waals surface area contributed by atoms with E-state index in [-0.39, 0.29) is 0 Å². The molecule has 3 rings (SSSR count). The molecule has 3 aliphatic rings. The van der Waals surface area contributed by atoms with Crippen molar-refractivity contribution >= 4 is 0 Å². The van der Waals surface area contributed by atoms with Crippen LogP contribution in [0.2, 0.25) is 0 Å². The Morgan fingerprint density at radius 2 is 1.52 bits per heavy atom. The van der Waals surface area contributed by atoms with Gasteiger partial charge >= 0.3 is 0 Å². The molecule has 0 aromatic rings. The van der Waals surface area contributed by atoms with Crippen LogP contribution in [0, 0.1) is 0 Å². The van der Waals surface area contributed by atoms with Crippen LogP contribution in [0.25, 0.3) is 0 Å². The van der Waals surface area contributed by atoms with E-state index >= 15 is 0 Å². The molecule has 3 heteroatoms. The number of rotatable bonds is 5. The van der Waals surface area contributed by atoms with Gasteiger partial charge in [-0.05, 0) is 84.1 Å². The van der Waals surface area contributed by atoms with Crippen molar-refractivity contribution < 1.29 is 0 Å². The van der Waals surface area contributed by atoms with E-state index in [1.54, 1.807) is 0 Å². The van der Waals surface area contributed by atoms with Crippen LogP contribution in [0.4, 0.5) is 0 Å². The third-order valence-electron chi connectivity index (χ3n) is 6.01. The zero-order chi connectivity index (χ0) is 14.5. The Kier molecular flexibility index (Phi) is 5.96. The molecule has 0 aromatic heterocycles. The van der Waals surface area contributed by atoms with E-state index in [2.05, 4.69) is 22.0 Å². The number of nitrogens with one attached hydrogen (secondary N) is 1. The highest BCUT2D eigenvalue weighted by Gasteiger charge is 2.32. The quantitative estimate of drug-likeness (QED) is 0.841. The fourth-order valence-electron chi connectivity index (χ4n) is 4.72. The van der Waals surface area contributed by atoms with E-state index in [0.717, 1.165) is 18.1 Å². The minimum Gasteiger partial charge on any atom is -0.314 e. The van der Waals surface area contributed by atoms with Gasteiger partial charge in [0.2, 0.25) is 0 Å². The minimum absolute atomic E-state index is 0.801. The fourth-order valence-corrected chi connectivity index (χ4v) is 4.72. The standard InChI is InChI=1S/C18H35N3/c1-2-10-19-16-6-7-18(15-16)21-13-8-17(9-14-21)20-11-4-3-5-12-20/h16-19H,2-15H2,1H3. The molecular formula is C18H35N3. The van der Waals surface area contributed by atoms with Crippen molar-refractivity contribution in [1.29, 1.82) is 0 Å². The number of hydrogen-bond acceptors (Lipinski definition) is 3. The number of nitrogens with zero attached hydrogens (tertiary/aromatic N) is 2. The summed E-state index contributed by atoms with van der Waals surface area (Å²) in [6.45, 7) is 8.92. The Hall–Kier alpha value is -0.120. The second kappa shape index (κ2) is 7.94. The van der Waals surface area contributed by atoms with Gasteiger partial charge in [0.05, 0.1) is 0 Å². The van der Waals surface area contributed by atoms with Crippen LogP contribution >= 0.6 is 0 Å². The largest absolute Gasteiger partial charge is 0.314 e. The highest BCUT2D eigenvalue weighted by atomic mass is 15.2. The average molecular weight is 293 g/mol. The highest BCUT2D eigenvalue weighted by Crippen LogP contribution is 2.28. The number of piperidine rings is 2. The lowest BCUT2D eigenvalue weighted by Crippen LogP contribution is -2.49. The first-order valence-corrected chi connectivity index (χ1v) is 9.58. The maximum Gasteiger partial charge on any atom is 0.0120 e. The van der Waals surface area contributed by atoms with E-state index < -0.39 is 0 Å². The monoisotopic (exact) mass is 293 g/mol. The lowest BCUT2D eigenvalue weighted by molar-refractivity contribution is 0.0728. The Labute approximate surface area is 131 Å². The Bertz CT molecular complexity index is 293. The molecule has 3 fully saturated rings. The van der Waals surface area contributed by atoms with E-state index in [4.69, 9.17) is 0 Å². The average Bonchev–Trinajstić information content (AvgIpc) is 3.03. The van der Waals surface area contributed by atoms with Crippen molar-refractivity contribution in [2.24, 2.45) is 0 Å². The zero-order valence-electron chi connectivity index (χ0n) is 14.0. The van der Waals surface area contributed by atoms with Crippen molar-refractivity contribution in [3.63, 3.8) is 0 Å². The zero-order valence-corrected chi connectivity index (χ0v) is 14.0. The fraction of sp³-hybridized carbons (Fsp3) is 1.00. The smallest absolute Gasteiger partial charge is 0.0120 e. The summed E-state index contributed by atoms with van der Waals surface area (Å²) in [4.78, 5) is 5.61. The van der Waals surface area contributed by atoms with Gasteiger partial charge in [-0.25, -0.2) is 0 Å². The van der Waals surface area contributed by atoms with E-state index in [9.17, 15) is 0 Å². The second-order valence-electron chi connectivity index (χ2n) is 7.48. The number of hydrogen-bond donors (Lipinski definition) is 1. The predicted octanol–water partition coefficient (Wildman–Crippen LogP) is 2.86. The molecule has 3 nitrogen and oxygen atoms in total. The Balaban J connectivity index is 1.39. The maximum atomic E-state index is 3.73. The molecule has 122 valence electrons. The van der Waals surface area contributed by atoms with E-state index in [1.165, 1.54) is 90.5 Å². The van der Waals surface area contributed by atoms with Crippen LogP contribution < -0.4 is 5.32 Å². The van der Waals surface area contributed by atoms with Gasteiger partial charge in [-0.1, -0.05) is 13.3 Å². The minimum atomic E-state index is 0.801. The number of likely N-dealkylation sites (tertiary alicyclic amines) is 2. The molecule has 0 aromatic carbocycles. The van der Waals surface area contributed by atoms with Gasteiger partial charge < -0.3 is 15.1 Å². The molecule has 21 heavy (non-hydrogen) atoms. The first-order chi connectivity index (χ1) is 10.4. The summed E-state index contributed by atoms with van der Waals surface area (Å²) in [6.07, 6.45) is 12.7. The second-order valence-corrected chi connectivity index (χ2v) is 7.48. The van der Waals surface area contributed by atoms with Crippen molar-refractivity contribution in [3.05, 3.63) is 0 Å². The normalized spacial score (nSPS) is 33.6. The molecule has 1 saturated carbocycles. The van der Waals surface area contributed by atoms with Gasteiger partial charge in [0.25, 0.3) is 0 Å².